The molecule has 13 heavy (non-hydrogen) atoms. The van der Waals surface area contributed by atoms with Crippen LogP contribution in [-0.2, 0) is 0 Å². The number of aromatic nitrogens is 1. The van der Waals surface area contributed by atoms with Gasteiger partial charge in [-0.2, -0.15) is 0 Å². The van der Waals surface area contributed by atoms with Crippen LogP contribution in [0.3, 0.4) is 0 Å². The number of hydrogen-bond donors (Lipinski definition) is 1. The number of aliphatic imine (C=N–C) groups is 1. The van der Waals surface area contributed by atoms with Gasteiger partial charge in [-0.05, 0) is 19.8 Å². The van der Waals surface area contributed by atoms with Gasteiger partial charge in [0.2, 0.25) is 0 Å². The van der Waals surface area contributed by atoms with Crippen LogP contribution in [0.4, 0.5) is 0 Å². The Morgan fingerprint density at radius 1 is 1.62 bits per heavy atom. The Kier molecular flexibility index (Phi) is 2.00. The molecule has 1 saturated carbocycles. The van der Waals surface area contributed by atoms with Crippen molar-refractivity contribution in [3.8, 4) is 0 Å². The summed E-state index contributed by atoms with van der Waals surface area (Å²) in [6.45, 7) is 1.93. The quantitative estimate of drug-likeness (QED) is 0.679. The molecule has 1 N–H and O–H groups in total. The molecule has 3 heteroatoms. The highest BCUT2D eigenvalue weighted by molar-refractivity contribution is 5.97. The number of nitrogens with zero attached hydrogens (tertiary/aromatic N) is 1. The summed E-state index contributed by atoms with van der Waals surface area (Å²) in [4.78, 5) is 18.5. The molecule has 1 fully saturated rings. The number of rotatable bonds is 2. The fourth-order valence-corrected chi connectivity index (χ4v) is 1.20. The van der Waals surface area contributed by atoms with Crippen LogP contribution in [0.1, 0.15) is 25.5 Å². The molecule has 1 aliphatic carbocycles. The summed E-state index contributed by atoms with van der Waals surface area (Å²) in [7, 11) is 0. The molecule has 1 aromatic rings. The van der Waals surface area contributed by atoms with E-state index in [1.165, 1.54) is 18.9 Å². The topological polar surface area (TPSA) is 45.2 Å². The highest BCUT2D eigenvalue weighted by Gasteiger charge is 2.20. The van der Waals surface area contributed by atoms with Crippen LogP contribution in [0.2, 0.25) is 0 Å². The third-order valence-electron chi connectivity index (χ3n) is 2.09. The van der Waals surface area contributed by atoms with Gasteiger partial charge in [0.15, 0.2) is 5.43 Å². The van der Waals surface area contributed by atoms with Crippen molar-refractivity contribution in [1.29, 1.82) is 0 Å². The molecule has 0 saturated heterocycles. The van der Waals surface area contributed by atoms with Gasteiger partial charge in [0.05, 0.1) is 17.4 Å². The fraction of sp³-hybridized carbons (Fsp3) is 0.400. The molecule has 1 aliphatic rings. The van der Waals surface area contributed by atoms with E-state index in [2.05, 4.69) is 9.98 Å². The molecule has 0 bridgehead atoms. The standard InChI is InChI=1S/C10H12N2O/c1-7(12-8-2-3-8)10-6-9(13)4-5-11-10/h4-6,8H,2-3H2,1H3,(H,11,13). The van der Waals surface area contributed by atoms with E-state index < -0.39 is 0 Å². The second-order valence-electron chi connectivity index (χ2n) is 3.38. The van der Waals surface area contributed by atoms with Gasteiger partial charge in [-0.15, -0.1) is 0 Å². The lowest BCUT2D eigenvalue weighted by molar-refractivity contribution is 1.06. The fourth-order valence-electron chi connectivity index (χ4n) is 1.20. The smallest absolute Gasteiger partial charge is 0.182 e. The average Bonchev–Trinajstić information content (AvgIpc) is 2.88. The Morgan fingerprint density at radius 3 is 3.00 bits per heavy atom. The van der Waals surface area contributed by atoms with Crippen LogP contribution >= 0.6 is 0 Å². The maximum Gasteiger partial charge on any atom is 0.182 e. The lowest BCUT2D eigenvalue weighted by atomic mass is 10.2. The summed E-state index contributed by atoms with van der Waals surface area (Å²) in [6.07, 6.45) is 4.03. The van der Waals surface area contributed by atoms with Gasteiger partial charge in [-0.3, -0.25) is 9.79 Å². The zero-order chi connectivity index (χ0) is 9.26. The van der Waals surface area contributed by atoms with E-state index in [-0.39, 0.29) is 5.43 Å². The molecule has 68 valence electrons. The van der Waals surface area contributed by atoms with Crippen molar-refractivity contribution in [3.63, 3.8) is 0 Å². The first kappa shape index (κ1) is 8.23. The van der Waals surface area contributed by atoms with Crippen LogP contribution < -0.4 is 5.43 Å². The van der Waals surface area contributed by atoms with Crippen molar-refractivity contribution in [2.75, 3.05) is 0 Å². The lowest BCUT2D eigenvalue weighted by Crippen LogP contribution is -2.06. The van der Waals surface area contributed by atoms with Gasteiger partial charge in [-0.1, -0.05) is 0 Å². The van der Waals surface area contributed by atoms with Gasteiger partial charge < -0.3 is 4.98 Å². The molecule has 0 spiro atoms. The van der Waals surface area contributed by atoms with Crippen molar-refractivity contribution >= 4 is 5.71 Å². The van der Waals surface area contributed by atoms with Crippen LogP contribution in [0.25, 0.3) is 0 Å². The van der Waals surface area contributed by atoms with E-state index in [9.17, 15) is 4.79 Å². The molecule has 0 amide bonds. The zero-order valence-electron chi connectivity index (χ0n) is 7.58. The summed E-state index contributed by atoms with van der Waals surface area (Å²) < 4.78 is 0. The van der Waals surface area contributed by atoms with E-state index in [4.69, 9.17) is 0 Å². The van der Waals surface area contributed by atoms with Gasteiger partial charge in [0.25, 0.3) is 0 Å². The third kappa shape index (κ3) is 2.05. The van der Waals surface area contributed by atoms with Crippen LogP contribution in [-0.4, -0.2) is 16.7 Å². The molecular weight excluding hydrogens is 164 g/mol. The summed E-state index contributed by atoms with van der Waals surface area (Å²) in [6, 6.07) is 3.60. The minimum absolute atomic E-state index is 0.0269. The van der Waals surface area contributed by atoms with Gasteiger partial charge in [0.1, 0.15) is 0 Å². The Hall–Kier alpha value is -1.38. The number of nitrogens with one attached hydrogen (secondary N) is 1. The van der Waals surface area contributed by atoms with E-state index >= 15 is 0 Å². The Balaban J connectivity index is 2.28. The Morgan fingerprint density at radius 2 is 2.38 bits per heavy atom. The predicted molar refractivity (Wildman–Crippen MR) is 52.3 cm³/mol. The Bertz CT molecular complexity index is 388. The molecule has 0 unspecified atom stereocenters. The maximum atomic E-state index is 11.0. The molecule has 1 aromatic heterocycles. The molecule has 3 nitrogen and oxygen atoms in total. The van der Waals surface area contributed by atoms with Gasteiger partial charge >= 0.3 is 0 Å². The molecule has 0 aromatic carbocycles. The number of aromatic amines is 1. The SMILES string of the molecule is CC(=NC1CC1)c1cc(=O)cc[nH]1. The number of H-pyrrole nitrogens is 1. The number of hydrogen-bond acceptors (Lipinski definition) is 2. The minimum Gasteiger partial charge on any atom is -0.360 e. The largest absolute Gasteiger partial charge is 0.360 e. The highest BCUT2D eigenvalue weighted by atomic mass is 16.1. The van der Waals surface area contributed by atoms with Crippen molar-refractivity contribution in [2.45, 2.75) is 25.8 Å². The molecule has 0 radical (unpaired) electrons. The molecule has 0 aliphatic heterocycles. The molecular formula is C10H12N2O. The molecule has 0 atom stereocenters. The molecule has 1 heterocycles. The third-order valence-corrected chi connectivity index (χ3v) is 2.09. The van der Waals surface area contributed by atoms with Gasteiger partial charge in [-0.25, -0.2) is 0 Å². The lowest BCUT2D eigenvalue weighted by Gasteiger charge is -1.98. The van der Waals surface area contributed by atoms with E-state index in [1.54, 1.807) is 12.3 Å². The highest BCUT2D eigenvalue weighted by Crippen LogP contribution is 2.24. The van der Waals surface area contributed by atoms with Gasteiger partial charge in [0, 0.05) is 18.3 Å². The first-order chi connectivity index (χ1) is 6.25. The van der Waals surface area contributed by atoms with Crippen molar-refractivity contribution in [1.82, 2.24) is 4.98 Å². The monoisotopic (exact) mass is 176 g/mol. The number of pyridine rings is 1. The summed E-state index contributed by atoms with van der Waals surface area (Å²) in [5, 5.41) is 0. The predicted octanol–water partition coefficient (Wildman–Crippen LogP) is 1.35. The zero-order valence-corrected chi connectivity index (χ0v) is 7.58. The summed E-state index contributed by atoms with van der Waals surface area (Å²) in [5.74, 6) is 0. The second kappa shape index (κ2) is 3.17. The van der Waals surface area contributed by atoms with Crippen LogP contribution in [0, 0.1) is 0 Å². The van der Waals surface area contributed by atoms with Crippen LogP contribution in [0.15, 0.2) is 28.1 Å². The van der Waals surface area contributed by atoms with Crippen molar-refractivity contribution in [3.05, 3.63) is 34.2 Å². The van der Waals surface area contributed by atoms with Crippen molar-refractivity contribution in [2.24, 2.45) is 4.99 Å². The first-order valence-electron chi connectivity index (χ1n) is 4.49. The average molecular weight is 176 g/mol. The first-order valence-corrected chi connectivity index (χ1v) is 4.49. The van der Waals surface area contributed by atoms with E-state index in [0.717, 1.165) is 11.4 Å². The normalized spacial score (nSPS) is 17.5. The second-order valence-corrected chi connectivity index (χ2v) is 3.38. The minimum atomic E-state index is 0.0269. The summed E-state index contributed by atoms with van der Waals surface area (Å²) >= 11 is 0. The van der Waals surface area contributed by atoms with Crippen LogP contribution in [0.5, 0.6) is 0 Å². The van der Waals surface area contributed by atoms with E-state index in [0.29, 0.717) is 6.04 Å². The maximum absolute atomic E-state index is 11.0. The van der Waals surface area contributed by atoms with Crippen molar-refractivity contribution < 1.29 is 0 Å². The van der Waals surface area contributed by atoms with E-state index in [1.807, 2.05) is 6.92 Å². The Labute approximate surface area is 76.5 Å². The molecule has 2 rings (SSSR count). The summed E-state index contributed by atoms with van der Waals surface area (Å²) in [5.41, 5.74) is 1.79.